The molecule has 0 radical (unpaired) electrons. The van der Waals surface area contributed by atoms with Gasteiger partial charge in [0.2, 0.25) is 0 Å². The summed E-state index contributed by atoms with van der Waals surface area (Å²) >= 11 is 0. The quantitative estimate of drug-likeness (QED) is 0.138. The number of allylic oxidation sites excluding steroid dienone is 2. The van der Waals surface area contributed by atoms with Gasteiger partial charge in [0.25, 0.3) is 0 Å². The Bertz CT molecular complexity index is 860. The van der Waals surface area contributed by atoms with Crippen molar-refractivity contribution in [3.63, 3.8) is 0 Å². The molecule has 6 N–H and O–H groups in total. The number of aliphatic hydroxyl groups is 2. The fourth-order valence-electron chi connectivity index (χ4n) is 4.81. The van der Waals surface area contributed by atoms with Gasteiger partial charge in [-0.05, 0) is 62.7 Å². The highest BCUT2D eigenvalue weighted by Gasteiger charge is 2.20. The van der Waals surface area contributed by atoms with Gasteiger partial charge < -0.3 is 21.7 Å². The van der Waals surface area contributed by atoms with Crippen LogP contribution in [0.5, 0.6) is 0 Å². The average molecular weight is 551 g/mol. The monoisotopic (exact) mass is 550 g/mol. The molecule has 0 fully saturated rings. The number of nitrogens with two attached hydrogens (primary N) is 2. The summed E-state index contributed by atoms with van der Waals surface area (Å²) in [5.41, 5.74) is 15.1. The van der Waals surface area contributed by atoms with Gasteiger partial charge in [-0.3, -0.25) is 9.80 Å². The molecule has 0 amide bonds. The van der Waals surface area contributed by atoms with E-state index in [4.69, 9.17) is 11.5 Å². The fraction of sp³-hybridized carbons (Fsp3) is 0.529. The van der Waals surface area contributed by atoms with Crippen LogP contribution >= 0.6 is 0 Å². The molecule has 2 aromatic carbocycles. The maximum absolute atomic E-state index is 10.9. The molecule has 2 rings (SSSR count). The minimum atomic E-state index is -0.591. The molecule has 0 aliphatic carbocycles. The van der Waals surface area contributed by atoms with Crippen LogP contribution in [0, 0.1) is 0 Å². The van der Waals surface area contributed by atoms with Crippen LogP contribution in [0.1, 0.15) is 50.7 Å². The van der Waals surface area contributed by atoms with Crippen molar-refractivity contribution >= 4 is 0 Å². The zero-order valence-electron chi connectivity index (χ0n) is 24.8. The van der Waals surface area contributed by atoms with Crippen molar-refractivity contribution in [1.29, 1.82) is 0 Å². The van der Waals surface area contributed by atoms with Crippen molar-refractivity contribution in [2.45, 2.75) is 76.7 Å². The van der Waals surface area contributed by atoms with E-state index in [1.807, 2.05) is 36.4 Å². The Labute approximate surface area is 243 Å². The Morgan fingerprint density at radius 1 is 0.625 bits per heavy atom. The summed E-state index contributed by atoms with van der Waals surface area (Å²) in [4.78, 5) is 4.60. The van der Waals surface area contributed by atoms with Crippen molar-refractivity contribution in [2.24, 2.45) is 11.5 Å². The summed E-state index contributed by atoms with van der Waals surface area (Å²) in [6, 6.07) is 19.6. The van der Waals surface area contributed by atoms with Crippen LogP contribution in [0.3, 0.4) is 0 Å². The molecule has 222 valence electrons. The van der Waals surface area contributed by atoms with Gasteiger partial charge in [0, 0.05) is 38.3 Å². The molecule has 0 saturated carbocycles. The highest BCUT2D eigenvalue weighted by molar-refractivity contribution is 5.17. The van der Waals surface area contributed by atoms with Crippen LogP contribution in [0.25, 0.3) is 0 Å². The number of nitrogens with zero attached hydrogens (tertiary/aromatic N) is 2. The molecule has 0 spiro atoms. The van der Waals surface area contributed by atoms with E-state index in [2.05, 4.69) is 72.2 Å². The number of rotatable bonds is 21. The van der Waals surface area contributed by atoms with Gasteiger partial charge in [-0.2, -0.15) is 0 Å². The van der Waals surface area contributed by atoms with Crippen molar-refractivity contribution in [3.8, 4) is 0 Å². The van der Waals surface area contributed by atoms with E-state index in [1.165, 1.54) is 0 Å². The molecule has 0 aliphatic heterocycles. The second kappa shape index (κ2) is 20.5. The van der Waals surface area contributed by atoms with Gasteiger partial charge >= 0.3 is 0 Å². The maximum atomic E-state index is 10.9. The van der Waals surface area contributed by atoms with E-state index in [0.717, 1.165) is 63.0 Å². The van der Waals surface area contributed by atoms with Crippen LogP contribution in [0.15, 0.2) is 85.0 Å². The molecule has 4 atom stereocenters. The standard InChI is InChI=1S/C34H54N4O2/c1-3-5-13-21-37(27-33(39)31(35)25-29-17-9-7-10-18-29)23-15-16-24-38(22-14-6-4-2)28-34(40)32(36)26-30-19-11-8-12-20-30/h5-14,17-20,31-34,39-40H,3-4,15-16,21-28,35-36H2,1-2H3/b13-5-,14-6-. The molecule has 0 bridgehead atoms. The third-order valence-electron chi connectivity index (χ3n) is 7.24. The summed E-state index contributed by atoms with van der Waals surface area (Å²) in [6.45, 7) is 8.75. The molecule has 6 nitrogen and oxygen atoms in total. The van der Waals surface area contributed by atoms with E-state index in [-0.39, 0.29) is 12.1 Å². The van der Waals surface area contributed by atoms with E-state index >= 15 is 0 Å². The lowest BCUT2D eigenvalue weighted by atomic mass is 10.0. The average Bonchev–Trinajstić information content (AvgIpc) is 2.96. The minimum Gasteiger partial charge on any atom is -0.390 e. The zero-order chi connectivity index (χ0) is 29.0. The number of aliphatic hydroxyl groups excluding tert-OH is 2. The lowest BCUT2D eigenvalue weighted by Gasteiger charge is -2.29. The summed E-state index contributed by atoms with van der Waals surface area (Å²) in [7, 11) is 0. The van der Waals surface area contributed by atoms with E-state index in [1.54, 1.807) is 0 Å². The van der Waals surface area contributed by atoms with Gasteiger partial charge in [0.1, 0.15) is 0 Å². The Morgan fingerprint density at radius 3 is 1.35 bits per heavy atom. The Balaban J connectivity index is 1.87. The Morgan fingerprint density at radius 2 is 1.00 bits per heavy atom. The molecule has 0 aromatic heterocycles. The van der Waals surface area contributed by atoms with Crippen molar-refractivity contribution in [3.05, 3.63) is 96.1 Å². The van der Waals surface area contributed by atoms with Crippen molar-refractivity contribution in [2.75, 3.05) is 39.3 Å². The second-order valence-electron chi connectivity index (χ2n) is 10.8. The minimum absolute atomic E-state index is 0.303. The number of hydrogen-bond acceptors (Lipinski definition) is 6. The molecule has 2 aromatic rings. The SMILES string of the molecule is CC/C=C\CN(CCCCN(C/C=C\CC)CC(O)C(N)Cc1ccccc1)CC(O)C(N)Cc1ccccc1. The highest BCUT2D eigenvalue weighted by Crippen LogP contribution is 2.10. The first-order valence-electron chi connectivity index (χ1n) is 15.1. The van der Waals surface area contributed by atoms with Gasteiger partial charge in [-0.15, -0.1) is 0 Å². The van der Waals surface area contributed by atoms with Gasteiger partial charge in [-0.25, -0.2) is 0 Å². The van der Waals surface area contributed by atoms with Crippen LogP contribution in [-0.2, 0) is 12.8 Å². The lowest BCUT2D eigenvalue weighted by Crippen LogP contribution is -2.45. The topological polar surface area (TPSA) is 99.0 Å². The summed E-state index contributed by atoms with van der Waals surface area (Å²) in [6.07, 6.45) is 12.9. The molecule has 4 unspecified atom stereocenters. The van der Waals surface area contributed by atoms with E-state index in [0.29, 0.717) is 25.9 Å². The summed E-state index contributed by atoms with van der Waals surface area (Å²) in [5.74, 6) is 0. The molecular weight excluding hydrogens is 496 g/mol. The fourth-order valence-corrected chi connectivity index (χ4v) is 4.81. The van der Waals surface area contributed by atoms with Gasteiger partial charge in [0.05, 0.1) is 12.2 Å². The van der Waals surface area contributed by atoms with Gasteiger partial charge in [0.15, 0.2) is 0 Å². The first kappa shape index (κ1) is 33.9. The second-order valence-corrected chi connectivity index (χ2v) is 10.8. The summed E-state index contributed by atoms with van der Waals surface area (Å²) < 4.78 is 0. The maximum Gasteiger partial charge on any atom is 0.0821 e. The van der Waals surface area contributed by atoms with Crippen molar-refractivity contribution < 1.29 is 10.2 Å². The Hall–Kier alpha value is -2.32. The first-order chi connectivity index (χ1) is 19.4. The third-order valence-corrected chi connectivity index (χ3v) is 7.24. The number of hydrogen-bond donors (Lipinski definition) is 4. The third kappa shape index (κ3) is 14.4. The van der Waals surface area contributed by atoms with Gasteiger partial charge in [-0.1, -0.05) is 98.8 Å². The van der Waals surface area contributed by atoms with Crippen LogP contribution in [0.2, 0.25) is 0 Å². The Kier molecular flexibility index (Phi) is 17.4. The summed E-state index contributed by atoms with van der Waals surface area (Å²) in [5, 5.41) is 21.8. The number of benzene rings is 2. The largest absolute Gasteiger partial charge is 0.390 e. The number of unbranched alkanes of at least 4 members (excludes halogenated alkanes) is 1. The normalized spacial score (nSPS) is 15.3. The van der Waals surface area contributed by atoms with Crippen LogP contribution < -0.4 is 11.5 Å². The molecule has 6 heteroatoms. The molecule has 40 heavy (non-hydrogen) atoms. The predicted octanol–water partition coefficient (Wildman–Crippen LogP) is 4.16. The lowest BCUT2D eigenvalue weighted by molar-refractivity contribution is 0.0889. The van der Waals surface area contributed by atoms with Crippen LogP contribution in [0.4, 0.5) is 0 Å². The van der Waals surface area contributed by atoms with Crippen molar-refractivity contribution in [1.82, 2.24) is 9.80 Å². The molecule has 0 saturated heterocycles. The molecular formula is C34H54N4O2. The predicted molar refractivity (Wildman–Crippen MR) is 169 cm³/mol. The zero-order valence-corrected chi connectivity index (χ0v) is 24.8. The van der Waals surface area contributed by atoms with E-state index < -0.39 is 12.2 Å². The highest BCUT2D eigenvalue weighted by atomic mass is 16.3. The molecule has 0 aliphatic rings. The first-order valence-corrected chi connectivity index (χ1v) is 15.1. The van der Waals surface area contributed by atoms with Crippen LogP contribution in [-0.4, -0.2) is 83.6 Å². The smallest absolute Gasteiger partial charge is 0.0821 e. The molecule has 0 heterocycles. The van der Waals surface area contributed by atoms with E-state index in [9.17, 15) is 10.2 Å².